The van der Waals surface area contributed by atoms with Gasteiger partial charge >= 0.3 is 0 Å². The molecule has 0 saturated carbocycles. The molecule has 0 radical (unpaired) electrons. The molecular formula is C17H26IN5O2S. The number of rotatable bonds is 9. The van der Waals surface area contributed by atoms with Crippen molar-refractivity contribution in [2.75, 3.05) is 25.4 Å². The van der Waals surface area contributed by atoms with E-state index >= 15 is 0 Å². The molecule has 0 unspecified atom stereocenters. The van der Waals surface area contributed by atoms with Crippen LogP contribution in [-0.2, 0) is 16.4 Å². The fourth-order valence-corrected chi connectivity index (χ4v) is 3.43. The van der Waals surface area contributed by atoms with Crippen molar-refractivity contribution in [3.8, 4) is 0 Å². The van der Waals surface area contributed by atoms with Gasteiger partial charge in [-0.15, -0.1) is 24.0 Å². The Hall–Kier alpha value is -1.62. The minimum absolute atomic E-state index is 0. The van der Waals surface area contributed by atoms with Crippen molar-refractivity contribution in [3.05, 3.63) is 48.8 Å². The van der Waals surface area contributed by atoms with Crippen molar-refractivity contribution in [3.63, 3.8) is 0 Å². The molecule has 2 aromatic rings. The molecule has 0 aliphatic rings. The minimum Gasteiger partial charge on any atom is -0.357 e. The number of hydrogen-bond donors (Lipinski definition) is 2. The number of sulfone groups is 1. The Morgan fingerprint density at radius 1 is 1.19 bits per heavy atom. The Morgan fingerprint density at radius 3 is 2.62 bits per heavy atom. The summed E-state index contributed by atoms with van der Waals surface area (Å²) in [4.78, 5) is 4.81. The van der Waals surface area contributed by atoms with Crippen LogP contribution >= 0.6 is 24.0 Å². The summed E-state index contributed by atoms with van der Waals surface area (Å²) in [5, 5.41) is 10.3. The standard InChI is InChI=1S/C17H25N5O2S.HI/c1-2-18-17(19-10-6-13-22-14-7-11-21-22)20-12-15-25(23,24)16-8-4-3-5-9-16;/h3-5,7-9,11,14H,2,6,10,12-13,15H2,1H3,(H2,18,19,20);1H. The molecular weight excluding hydrogens is 465 g/mol. The van der Waals surface area contributed by atoms with Gasteiger partial charge in [-0.05, 0) is 31.5 Å². The SMILES string of the molecule is CCNC(=NCCCn1cccn1)NCCS(=O)(=O)c1ccccc1.I. The molecule has 2 rings (SSSR count). The summed E-state index contributed by atoms with van der Waals surface area (Å²) in [6, 6.07) is 10.4. The van der Waals surface area contributed by atoms with E-state index in [0.717, 1.165) is 19.5 Å². The molecule has 26 heavy (non-hydrogen) atoms. The van der Waals surface area contributed by atoms with Crippen LogP contribution in [0.3, 0.4) is 0 Å². The van der Waals surface area contributed by atoms with Crippen LogP contribution in [0.4, 0.5) is 0 Å². The first-order valence-corrected chi connectivity index (χ1v) is 10.0. The van der Waals surface area contributed by atoms with Gasteiger partial charge in [0.05, 0.1) is 10.6 Å². The molecule has 144 valence electrons. The fraction of sp³-hybridized carbons (Fsp3) is 0.412. The van der Waals surface area contributed by atoms with Gasteiger partial charge in [0.1, 0.15) is 0 Å². The zero-order valence-electron chi connectivity index (χ0n) is 14.8. The molecule has 0 atom stereocenters. The van der Waals surface area contributed by atoms with E-state index in [9.17, 15) is 8.42 Å². The third kappa shape index (κ3) is 7.73. The highest BCUT2D eigenvalue weighted by molar-refractivity contribution is 14.0. The van der Waals surface area contributed by atoms with Crippen LogP contribution in [-0.4, -0.2) is 49.5 Å². The van der Waals surface area contributed by atoms with Crippen molar-refractivity contribution in [1.82, 2.24) is 20.4 Å². The first-order chi connectivity index (χ1) is 12.1. The largest absolute Gasteiger partial charge is 0.357 e. The molecule has 0 aliphatic heterocycles. The van der Waals surface area contributed by atoms with Crippen molar-refractivity contribution in [2.45, 2.75) is 24.8 Å². The van der Waals surface area contributed by atoms with Gasteiger partial charge < -0.3 is 10.6 Å². The van der Waals surface area contributed by atoms with Gasteiger partial charge in [-0.2, -0.15) is 5.10 Å². The van der Waals surface area contributed by atoms with Gasteiger partial charge in [-0.25, -0.2) is 8.42 Å². The van der Waals surface area contributed by atoms with Crippen molar-refractivity contribution in [2.24, 2.45) is 4.99 Å². The van der Waals surface area contributed by atoms with E-state index in [1.54, 1.807) is 36.5 Å². The van der Waals surface area contributed by atoms with E-state index in [4.69, 9.17) is 0 Å². The fourth-order valence-electron chi connectivity index (χ4n) is 2.25. The van der Waals surface area contributed by atoms with E-state index in [0.29, 0.717) is 23.9 Å². The molecule has 1 heterocycles. The lowest BCUT2D eigenvalue weighted by atomic mass is 10.4. The Balaban J connectivity index is 0.00000338. The molecule has 0 amide bonds. The highest BCUT2D eigenvalue weighted by atomic mass is 127. The lowest BCUT2D eigenvalue weighted by molar-refractivity contribution is 0.583. The predicted molar refractivity (Wildman–Crippen MR) is 115 cm³/mol. The third-order valence-corrected chi connectivity index (χ3v) is 5.22. The lowest BCUT2D eigenvalue weighted by Crippen LogP contribution is -2.39. The van der Waals surface area contributed by atoms with Crippen LogP contribution in [0.5, 0.6) is 0 Å². The summed E-state index contributed by atoms with van der Waals surface area (Å²) in [5.41, 5.74) is 0. The van der Waals surface area contributed by atoms with Crippen LogP contribution in [0.1, 0.15) is 13.3 Å². The first-order valence-electron chi connectivity index (χ1n) is 8.39. The van der Waals surface area contributed by atoms with Crippen LogP contribution in [0.25, 0.3) is 0 Å². The third-order valence-electron chi connectivity index (χ3n) is 3.48. The second-order valence-electron chi connectivity index (χ2n) is 5.44. The average molecular weight is 491 g/mol. The zero-order valence-corrected chi connectivity index (χ0v) is 18.0. The maximum atomic E-state index is 12.3. The summed E-state index contributed by atoms with van der Waals surface area (Å²) < 4.78 is 26.4. The van der Waals surface area contributed by atoms with E-state index in [2.05, 4.69) is 20.7 Å². The number of halogens is 1. The lowest BCUT2D eigenvalue weighted by Gasteiger charge is -2.11. The number of benzene rings is 1. The second kappa shape index (κ2) is 11.9. The molecule has 0 bridgehead atoms. The number of aromatic nitrogens is 2. The Labute approximate surface area is 172 Å². The molecule has 1 aromatic carbocycles. The Kier molecular flexibility index (Phi) is 10.3. The van der Waals surface area contributed by atoms with Crippen LogP contribution in [0.2, 0.25) is 0 Å². The molecule has 2 N–H and O–H groups in total. The van der Waals surface area contributed by atoms with Gasteiger partial charge in [0, 0.05) is 38.6 Å². The van der Waals surface area contributed by atoms with Crippen LogP contribution < -0.4 is 10.6 Å². The van der Waals surface area contributed by atoms with Crippen molar-refractivity contribution >= 4 is 39.8 Å². The topological polar surface area (TPSA) is 88.4 Å². The minimum atomic E-state index is -3.28. The van der Waals surface area contributed by atoms with Crippen LogP contribution in [0.15, 0.2) is 58.7 Å². The molecule has 9 heteroatoms. The van der Waals surface area contributed by atoms with Crippen LogP contribution in [0, 0.1) is 0 Å². The van der Waals surface area contributed by atoms with Crippen molar-refractivity contribution < 1.29 is 8.42 Å². The highest BCUT2D eigenvalue weighted by Crippen LogP contribution is 2.09. The Morgan fingerprint density at radius 2 is 1.96 bits per heavy atom. The molecule has 0 fully saturated rings. The quantitative estimate of drug-likeness (QED) is 0.242. The Bertz CT molecular complexity index is 749. The number of aryl methyl sites for hydroxylation is 1. The highest BCUT2D eigenvalue weighted by Gasteiger charge is 2.13. The van der Waals surface area contributed by atoms with Gasteiger partial charge in [0.15, 0.2) is 15.8 Å². The average Bonchev–Trinajstić information content (AvgIpc) is 3.13. The summed E-state index contributed by atoms with van der Waals surface area (Å²) in [5.74, 6) is 0.653. The smallest absolute Gasteiger partial charge is 0.191 e. The molecule has 1 aromatic heterocycles. The second-order valence-corrected chi connectivity index (χ2v) is 7.55. The molecule has 7 nitrogen and oxygen atoms in total. The first kappa shape index (κ1) is 22.4. The maximum absolute atomic E-state index is 12.3. The number of guanidine groups is 1. The number of nitrogens with one attached hydrogen (secondary N) is 2. The molecule has 0 aliphatic carbocycles. The van der Waals surface area contributed by atoms with E-state index in [1.807, 2.05) is 23.9 Å². The summed E-state index contributed by atoms with van der Waals surface area (Å²) in [6.45, 7) is 4.44. The summed E-state index contributed by atoms with van der Waals surface area (Å²) in [6.07, 6.45) is 4.53. The van der Waals surface area contributed by atoms with E-state index in [1.165, 1.54) is 0 Å². The van der Waals surface area contributed by atoms with Gasteiger partial charge in [-0.3, -0.25) is 9.67 Å². The summed E-state index contributed by atoms with van der Waals surface area (Å²) >= 11 is 0. The molecule has 0 spiro atoms. The normalized spacial score (nSPS) is 11.7. The maximum Gasteiger partial charge on any atom is 0.191 e. The number of aliphatic imine (C=N–C) groups is 1. The summed E-state index contributed by atoms with van der Waals surface area (Å²) in [7, 11) is -3.28. The predicted octanol–water partition coefficient (Wildman–Crippen LogP) is 1.92. The van der Waals surface area contributed by atoms with Gasteiger partial charge in [-0.1, -0.05) is 18.2 Å². The number of nitrogens with zero attached hydrogens (tertiary/aromatic N) is 3. The van der Waals surface area contributed by atoms with E-state index in [-0.39, 0.29) is 29.7 Å². The number of hydrogen-bond acceptors (Lipinski definition) is 4. The van der Waals surface area contributed by atoms with Crippen molar-refractivity contribution in [1.29, 1.82) is 0 Å². The van der Waals surface area contributed by atoms with Gasteiger partial charge in [0.2, 0.25) is 0 Å². The monoisotopic (exact) mass is 491 g/mol. The van der Waals surface area contributed by atoms with E-state index < -0.39 is 9.84 Å². The molecule has 0 saturated heterocycles. The van der Waals surface area contributed by atoms with Gasteiger partial charge in [0.25, 0.3) is 0 Å². The zero-order chi connectivity index (χ0) is 18.0.